The smallest absolute Gasteiger partial charge is 0.339 e. The minimum atomic E-state index is -0.706. The van der Waals surface area contributed by atoms with Crippen LogP contribution in [0, 0.1) is 0 Å². The number of carbonyl (C=O) groups excluding carboxylic acids is 3. The third-order valence-electron chi connectivity index (χ3n) is 2.94. The van der Waals surface area contributed by atoms with Crippen LogP contribution in [-0.2, 0) is 20.8 Å². The zero-order valence-corrected chi connectivity index (χ0v) is 15.9. The maximum Gasteiger partial charge on any atom is 0.339 e. The lowest BCUT2D eigenvalue weighted by molar-refractivity contribution is 0.00483. The summed E-state index contributed by atoms with van der Waals surface area (Å²) in [6.07, 6.45) is 0.518. The summed E-state index contributed by atoms with van der Waals surface area (Å²) in [7, 11) is 1.47. The van der Waals surface area contributed by atoms with Crippen molar-refractivity contribution in [3.63, 3.8) is 0 Å². The van der Waals surface area contributed by atoms with E-state index in [1.807, 2.05) is 0 Å². The van der Waals surface area contributed by atoms with Crippen LogP contribution in [0.15, 0.2) is 12.1 Å². The van der Waals surface area contributed by atoms with Crippen LogP contribution in [0.2, 0.25) is 0 Å². The second-order valence-electron chi connectivity index (χ2n) is 7.65. The molecular weight excluding hydrogens is 324 g/mol. The first-order valence-corrected chi connectivity index (χ1v) is 7.95. The molecule has 1 aromatic carbocycles. The van der Waals surface area contributed by atoms with Crippen molar-refractivity contribution in [1.82, 2.24) is 0 Å². The number of hydrogen-bond donors (Lipinski definition) is 0. The predicted octanol–water partition coefficient (Wildman–Crippen LogP) is 3.56. The van der Waals surface area contributed by atoms with Gasteiger partial charge in [0.25, 0.3) is 0 Å². The Balaban J connectivity index is 3.40. The Morgan fingerprint density at radius 3 is 1.80 bits per heavy atom. The number of rotatable bonds is 5. The highest BCUT2D eigenvalue weighted by Crippen LogP contribution is 2.23. The van der Waals surface area contributed by atoms with Gasteiger partial charge in [-0.3, -0.25) is 4.79 Å². The van der Waals surface area contributed by atoms with Gasteiger partial charge in [-0.2, -0.15) is 0 Å². The average molecular weight is 350 g/mol. The van der Waals surface area contributed by atoms with E-state index in [1.165, 1.54) is 19.2 Å². The van der Waals surface area contributed by atoms with Crippen molar-refractivity contribution in [2.45, 2.75) is 59.4 Å². The normalized spacial score (nSPS) is 11.8. The van der Waals surface area contributed by atoms with E-state index in [9.17, 15) is 14.4 Å². The SMILES string of the molecule is COCc1cc(C(=O)OC(C)(C)C)c(C=O)cc1C(=O)OC(C)(C)C. The van der Waals surface area contributed by atoms with Gasteiger partial charge in [-0.25, -0.2) is 9.59 Å². The molecule has 0 aliphatic carbocycles. The summed E-state index contributed by atoms with van der Waals surface area (Å²) in [6.45, 7) is 10.5. The Labute approximate surface area is 148 Å². The Kier molecular flexibility index (Phi) is 6.48. The number of hydrogen-bond acceptors (Lipinski definition) is 6. The lowest BCUT2D eigenvalue weighted by atomic mass is 9.98. The Morgan fingerprint density at radius 1 is 0.920 bits per heavy atom. The van der Waals surface area contributed by atoms with Gasteiger partial charge in [0.05, 0.1) is 17.7 Å². The average Bonchev–Trinajstić information content (AvgIpc) is 2.43. The quantitative estimate of drug-likeness (QED) is 0.597. The molecule has 0 bridgehead atoms. The molecule has 6 heteroatoms. The van der Waals surface area contributed by atoms with Crippen LogP contribution in [0.1, 0.15) is 78.2 Å². The molecule has 0 aromatic heterocycles. The summed E-state index contributed by atoms with van der Waals surface area (Å²) in [5.41, 5.74) is -0.608. The van der Waals surface area contributed by atoms with Gasteiger partial charge in [-0.15, -0.1) is 0 Å². The van der Waals surface area contributed by atoms with E-state index in [0.29, 0.717) is 11.8 Å². The fourth-order valence-corrected chi connectivity index (χ4v) is 2.07. The van der Waals surface area contributed by atoms with E-state index in [2.05, 4.69) is 0 Å². The molecule has 0 aliphatic heterocycles. The van der Waals surface area contributed by atoms with Crippen LogP contribution in [0.4, 0.5) is 0 Å². The van der Waals surface area contributed by atoms with Crippen molar-refractivity contribution in [3.8, 4) is 0 Å². The zero-order chi connectivity index (χ0) is 19.4. The summed E-state index contributed by atoms with van der Waals surface area (Å²) in [5.74, 6) is -1.22. The molecule has 1 aromatic rings. The summed E-state index contributed by atoms with van der Waals surface area (Å²) in [5, 5.41) is 0. The molecule has 0 saturated carbocycles. The van der Waals surface area contributed by atoms with Crippen molar-refractivity contribution >= 4 is 18.2 Å². The van der Waals surface area contributed by atoms with Crippen molar-refractivity contribution < 1.29 is 28.6 Å². The summed E-state index contributed by atoms with van der Waals surface area (Å²) >= 11 is 0. The van der Waals surface area contributed by atoms with Gasteiger partial charge in [-0.05, 0) is 59.2 Å². The van der Waals surface area contributed by atoms with Crippen molar-refractivity contribution in [3.05, 3.63) is 34.4 Å². The Bertz CT molecular complexity index is 662. The van der Waals surface area contributed by atoms with Gasteiger partial charge in [-0.1, -0.05) is 0 Å². The molecule has 0 unspecified atom stereocenters. The molecule has 138 valence electrons. The van der Waals surface area contributed by atoms with Crippen LogP contribution in [0.3, 0.4) is 0 Å². The third kappa shape index (κ3) is 6.31. The van der Waals surface area contributed by atoms with Crippen LogP contribution in [-0.4, -0.2) is 36.5 Å². The van der Waals surface area contributed by atoms with E-state index in [1.54, 1.807) is 41.5 Å². The monoisotopic (exact) mass is 350 g/mol. The molecule has 0 heterocycles. The van der Waals surface area contributed by atoms with Gasteiger partial charge < -0.3 is 14.2 Å². The lowest BCUT2D eigenvalue weighted by Crippen LogP contribution is -2.26. The van der Waals surface area contributed by atoms with Crippen LogP contribution >= 0.6 is 0 Å². The van der Waals surface area contributed by atoms with Crippen LogP contribution < -0.4 is 0 Å². The van der Waals surface area contributed by atoms with Gasteiger partial charge in [0, 0.05) is 12.7 Å². The zero-order valence-electron chi connectivity index (χ0n) is 15.9. The molecule has 0 atom stereocenters. The molecule has 0 fully saturated rings. The second-order valence-corrected chi connectivity index (χ2v) is 7.65. The lowest BCUT2D eigenvalue weighted by Gasteiger charge is -2.22. The minimum absolute atomic E-state index is 0.0648. The highest BCUT2D eigenvalue weighted by atomic mass is 16.6. The van der Waals surface area contributed by atoms with E-state index < -0.39 is 23.1 Å². The molecule has 1 rings (SSSR count). The van der Waals surface area contributed by atoms with Crippen LogP contribution in [0.5, 0.6) is 0 Å². The fraction of sp³-hybridized carbons (Fsp3) is 0.526. The molecular formula is C19H26O6. The third-order valence-corrected chi connectivity index (χ3v) is 2.94. The Morgan fingerprint density at radius 2 is 1.40 bits per heavy atom. The molecule has 6 nitrogen and oxygen atoms in total. The van der Waals surface area contributed by atoms with E-state index in [-0.39, 0.29) is 23.3 Å². The largest absolute Gasteiger partial charge is 0.456 e. The van der Waals surface area contributed by atoms with Gasteiger partial charge in [0.15, 0.2) is 6.29 Å². The number of esters is 2. The molecule has 0 saturated heterocycles. The standard InChI is InChI=1S/C19H26O6/c1-18(2,3)24-16(21)14-9-13(11-23-7)15(8-12(14)10-20)17(22)25-19(4,5)6/h8-10H,11H2,1-7H3. The number of carbonyl (C=O) groups is 3. The molecule has 0 radical (unpaired) electrons. The summed E-state index contributed by atoms with van der Waals surface area (Å²) in [6, 6.07) is 2.79. The number of methoxy groups -OCH3 is 1. The van der Waals surface area contributed by atoms with Gasteiger partial charge in [0.1, 0.15) is 11.2 Å². The van der Waals surface area contributed by atoms with Crippen LogP contribution in [0.25, 0.3) is 0 Å². The van der Waals surface area contributed by atoms with E-state index in [4.69, 9.17) is 14.2 Å². The van der Waals surface area contributed by atoms with Gasteiger partial charge >= 0.3 is 11.9 Å². The topological polar surface area (TPSA) is 78.9 Å². The molecule has 0 aliphatic rings. The molecule has 0 amide bonds. The first kappa shape index (κ1) is 20.8. The van der Waals surface area contributed by atoms with Crippen molar-refractivity contribution in [2.75, 3.05) is 7.11 Å². The van der Waals surface area contributed by atoms with E-state index in [0.717, 1.165) is 0 Å². The van der Waals surface area contributed by atoms with Crippen molar-refractivity contribution in [2.24, 2.45) is 0 Å². The number of benzene rings is 1. The van der Waals surface area contributed by atoms with Gasteiger partial charge in [0.2, 0.25) is 0 Å². The first-order valence-electron chi connectivity index (χ1n) is 7.95. The summed E-state index contributed by atoms with van der Waals surface area (Å²) in [4.78, 5) is 36.2. The number of aldehydes is 1. The summed E-state index contributed by atoms with van der Waals surface area (Å²) < 4.78 is 15.8. The minimum Gasteiger partial charge on any atom is -0.456 e. The Hall–Kier alpha value is -2.21. The highest BCUT2D eigenvalue weighted by molar-refractivity contribution is 6.02. The molecule has 0 spiro atoms. The highest BCUT2D eigenvalue weighted by Gasteiger charge is 2.26. The van der Waals surface area contributed by atoms with E-state index >= 15 is 0 Å². The fourth-order valence-electron chi connectivity index (χ4n) is 2.07. The molecule has 25 heavy (non-hydrogen) atoms. The maximum atomic E-state index is 12.4. The first-order chi connectivity index (χ1) is 11.4. The second kappa shape index (κ2) is 7.78. The van der Waals surface area contributed by atoms with Crippen molar-refractivity contribution in [1.29, 1.82) is 0 Å². The maximum absolute atomic E-state index is 12.4. The molecule has 0 N–H and O–H groups in total. The predicted molar refractivity (Wildman–Crippen MR) is 92.9 cm³/mol. The number of ether oxygens (including phenoxy) is 3.